The summed E-state index contributed by atoms with van der Waals surface area (Å²) in [4.78, 5) is 11.9. The molecule has 7 heteroatoms. The zero-order valence-corrected chi connectivity index (χ0v) is 13.4. The number of carbonyl (C=O) groups excluding carboxylic acids is 1. The lowest BCUT2D eigenvalue weighted by Crippen LogP contribution is -2.12. The molecule has 2 aromatic rings. The van der Waals surface area contributed by atoms with Gasteiger partial charge < -0.3 is 4.74 Å². The summed E-state index contributed by atoms with van der Waals surface area (Å²) in [6.07, 6.45) is 0. The lowest BCUT2D eigenvalue weighted by molar-refractivity contribution is 0.0918. The predicted molar refractivity (Wildman–Crippen MR) is 80.3 cm³/mol. The number of rotatable bonds is 4. The highest BCUT2D eigenvalue weighted by Gasteiger charge is 2.14. The lowest BCUT2D eigenvalue weighted by Gasteiger charge is -2.08. The van der Waals surface area contributed by atoms with Crippen LogP contribution in [0.3, 0.4) is 0 Å². The van der Waals surface area contributed by atoms with Gasteiger partial charge in [0.2, 0.25) is 5.82 Å². The van der Waals surface area contributed by atoms with Crippen LogP contribution >= 0.6 is 39.1 Å². The largest absolute Gasteiger partial charge is 0.482 e. The van der Waals surface area contributed by atoms with Crippen molar-refractivity contribution in [3.63, 3.8) is 0 Å². The van der Waals surface area contributed by atoms with Crippen molar-refractivity contribution in [3.8, 4) is 5.75 Å². The van der Waals surface area contributed by atoms with Crippen molar-refractivity contribution >= 4 is 44.9 Å². The highest BCUT2D eigenvalue weighted by molar-refractivity contribution is 9.10. The van der Waals surface area contributed by atoms with E-state index in [9.17, 15) is 13.6 Å². The van der Waals surface area contributed by atoms with Gasteiger partial charge in [0.15, 0.2) is 24.0 Å². The highest BCUT2D eigenvalue weighted by atomic mass is 79.9. The monoisotopic (exact) mass is 394 g/mol. The molecule has 0 aliphatic rings. The van der Waals surface area contributed by atoms with Crippen LogP contribution in [0.2, 0.25) is 10.0 Å². The SMILES string of the molecule is O=C(COc1cc(Br)cc(F)c1F)c1ccc(Cl)c(Cl)c1. The summed E-state index contributed by atoms with van der Waals surface area (Å²) in [5.41, 5.74) is 0.264. The Morgan fingerprint density at radius 2 is 1.86 bits per heavy atom. The summed E-state index contributed by atoms with van der Waals surface area (Å²) in [6.45, 7) is -0.454. The van der Waals surface area contributed by atoms with Crippen molar-refractivity contribution in [2.45, 2.75) is 0 Å². The van der Waals surface area contributed by atoms with Crippen LogP contribution in [-0.4, -0.2) is 12.4 Å². The zero-order chi connectivity index (χ0) is 15.6. The molecule has 0 aliphatic heterocycles. The maximum Gasteiger partial charge on any atom is 0.200 e. The second kappa shape index (κ2) is 6.73. The fourth-order valence-corrected chi connectivity index (χ4v) is 2.24. The van der Waals surface area contributed by atoms with E-state index >= 15 is 0 Å². The van der Waals surface area contributed by atoms with Crippen molar-refractivity contribution in [2.75, 3.05) is 6.61 Å². The van der Waals surface area contributed by atoms with E-state index in [1.807, 2.05) is 0 Å². The quantitative estimate of drug-likeness (QED) is 0.519. The van der Waals surface area contributed by atoms with E-state index in [2.05, 4.69) is 15.9 Å². The zero-order valence-electron chi connectivity index (χ0n) is 10.3. The summed E-state index contributed by atoms with van der Waals surface area (Å²) in [6, 6.07) is 6.52. The molecule has 0 fully saturated rings. The maximum absolute atomic E-state index is 13.5. The van der Waals surface area contributed by atoms with E-state index in [1.54, 1.807) is 0 Å². The van der Waals surface area contributed by atoms with Crippen molar-refractivity contribution < 1.29 is 18.3 Å². The minimum atomic E-state index is -1.15. The number of hydrogen-bond donors (Lipinski definition) is 0. The number of hydrogen-bond acceptors (Lipinski definition) is 2. The van der Waals surface area contributed by atoms with Gasteiger partial charge in [0, 0.05) is 10.0 Å². The standard InChI is InChI=1S/C14H7BrCl2F2O2/c15-8-4-11(18)14(19)13(5-8)21-6-12(20)7-1-2-9(16)10(17)3-7/h1-5H,6H2. The Bertz CT molecular complexity index is 708. The number of carbonyl (C=O) groups is 1. The highest BCUT2D eigenvalue weighted by Crippen LogP contribution is 2.26. The van der Waals surface area contributed by atoms with Crippen LogP contribution in [0.1, 0.15) is 10.4 Å². The van der Waals surface area contributed by atoms with Gasteiger partial charge in [-0.3, -0.25) is 4.79 Å². The topological polar surface area (TPSA) is 26.3 Å². The van der Waals surface area contributed by atoms with E-state index in [1.165, 1.54) is 24.3 Å². The van der Waals surface area contributed by atoms with E-state index < -0.39 is 24.0 Å². The third-order valence-electron chi connectivity index (χ3n) is 2.56. The molecule has 0 saturated carbocycles. The number of ketones is 1. The first-order valence-corrected chi connectivity index (χ1v) is 7.19. The van der Waals surface area contributed by atoms with Gasteiger partial charge in [-0.1, -0.05) is 39.1 Å². The average molecular weight is 396 g/mol. The summed E-state index contributed by atoms with van der Waals surface area (Å²) in [5.74, 6) is -3.01. The third kappa shape index (κ3) is 3.93. The second-order valence-electron chi connectivity index (χ2n) is 4.04. The van der Waals surface area contributed by atoms with Crippen molar-refractivity contribution in [2.24, 2.45) is 0 Å². The van der Waals surface area contributed by atoms with Crippen LogP contribution < -0.4 is 4.74 Å². The van der Waals surface area contributed by atoms with Crippen molar-refractivity contribution in [3.05, 3.63) is 62.0 Å². The van der Waals surface area contributed by atoms with Gasteiger partial charge in [0.25, 0.3) is 0 Å². The molecule has 2 aromatic carbocycles. The molecular formula is C14H7BrCl2F2O2. The van der Waals surface area contributed by atoms with Crippen LogP contribution in [0.5, 0.6) is 5.75 Å². The van der Waals surface area contributed by atoms with Gasteiger partial charge in [-0.25, -0.2) is 4.39 Å². The number of benzene rings is 2. The Hall–Kier alpha value is -1.17. The van der Waals surface area contributed by atoms with Crippen LogP contribution in [0.15, 0.2) is 34.8 Å². The Morgan fingerprint density at radius 3 is 2.52 bits per heavy atom. The van der Waals surface area contributed by atoms with Gasteiger partial charge in [0.1, 0.15) is 0 Å². The second-order valence-corrected chi connectivity index (χ2v) is 5.77. The van der Waals surface area contributed by atoms with Crippen LogP contribution in [-0.2, 0) is 0 Å². The summed E-state index contributed by atoms with van der Waals surface area (Å²) >= 11 is 14.6. The van der Waals surface area contributed by atoms with Gasteiger partial charge in [-0.2, -0.15) is 4.39 Å². The fourth-order valence-electron chi connectivity index (χ4n) is 1.53. The van der Waals surface area contributed by atoms with Crippen molar-refractivity contribution in [1.82, 2.24) is 0 Å². The molecule has 0 aliphatic carbocycles. The molecule has 0 aromatic heterocycles. The molecule has 0 unspecified atom stereocenters. The molecule has 2 rings (SSSR count). The van der Waals surface area contributed by atoms with Gasteiger partial charge >= 0.3 is 0 Å². The third-order valence-corrected chi connectivity index (χ3v) is 3.76. The Balaban J connectivity index is 2.12. The van der Waals surface area contributed by atoms with Crippen LogP contribution in [0, 0.1) is 11.6 Å². The summed E-state index contributed by atoms with van der Waals surface area (Å²) < 4.78 is 32.0. The first kappa shape index (κ1) is 16.2. The molecule has 2 nitrogen and oxygen atoms in total. The van der Waals surface area contributed by atoms with Gasteiger partial charge in [0.05, 0.1) is 10.0 Å². The van der Waals surface area contributed by atoms with Gasteiger partial charge in [-0.15, -0.1) is 0 Å². The van der Waals surface area contributed by atoms with E-state index in [4.69, 9.17) is 27.9 Å². The van der Waals surface area contributed by atoms with Crippen LogP contribution in [0.4, 0.5) is 8.78 Å². The molecular weight excluding hydrogens is 389 g/mol. The first-order valence-electron chi connectivity index (χ1n) is 5.64. The van der Waals surface area contributed by atoms with E-state index in [0.29, 0.717) is 9.50 Å². The number of Topliss-reactive ketones (excluding diaryl/α,β-unsaturated/α-hetero) is 1. The lowest BCUT2D eigenvalue weighted by atomic mass is 10.1. The molecule has 21 heavy (non-hydrogen) atoms. The molecule has 0 atom stereocenters. The molecule has 0 bridgehead atoms. The minimum absolute atomic E-state index is 0.224. The Kier molecular flexibility index (Phi) is 5.19. The Labute approximate surface area is 137 Å². The summed E-state index contributed by atoms with van der Waals surface area (Å²) in [7, 11) is 0. The number of halogens is 5. The summed E-state index contributed by atoms with van der Waals surface area (Å²) in [5, 5.41) is 0.538. The van der Waals surface area contributed by atoms with E-state index in [-0.39, 0.29) is 16.3 Å². The molecule has 0 radical (unpaired) electrons. The molecule has 0 saturated heterocycles. The Morgan fingerprint density at radius 1 is 1.14 bits per heavy atom. The van der Waals surface area contributed by atoms with Crippen LogP contribution in [0.25, 0.3) is 0 Å². The molecule has 110 valence electrons. The molecule has 0 amide bonds. The normalized spacial score (nSPS) is 10.5. The maximum atomic E-state index is 13.5. The molecule has 0 heterocycles. The minimum Gasteiger partial charge on any atom is -0.482 e. The molecule has 0 spiro atoms. The van der Waals surface area contributed by atoms with E-state index in [0.717, 1.165) is 6.07 Å². The average Bonchev–Trinajstić information content (AvgIpc) is 2.43. The number of ether oxygens (including phenoxy) is 1. The smallest absolute Gasteiger partial charge is 0.200 e. The van der Waals surface area contributed by atoms with Crippen molar-refractivity contribution in [1.29, 1.82) is 0 Å². The predicted octanol–water partition coefficient (Wildman–Crippen LogP) is 5.30. The van der Waals surface area contributed by atoms with Gasteiger partial charge in [-0.05, 0) is 30.3 Å². The molecule has 0 N–H and O–H groups in total. The fraction of sp³-hybridized carbons (Fsp3) is 0.0714. The first-order chi connectivity index (χ1) is 9.88.